The van der Waals surface area contributed by atoms with E-state index in [1.54, 1.807) is 0 Å². The van der Waals surface area contributed by atoms with Crippen molar-refractivity contribution in [1.82, 2.24) is 10.1 Å². The van der Waals surface area contributed by atoms with E-state index in [2.05, 4.69) is 9.68 Å². The molecule has 0 rings (SSSR count). The van der Waals surface area contributed by atoms with E-state index in [9.17, 15) is 4.79 Å². The minimum absolute atomic E-state index is 0.520. The Morgan fingerprint density at radius 1 is 1.25 bits per heavy atom. The van der Waals surface area contributed by atoms with Gasteiger partial charge in [0, 0.05) is 0 Å². The topological polar surface area (TPSA) is 82.5 Å². The third kappa shape index (κ3) is 2.62. The molecule has 0 saturated heterocycles. The van der Waals surface area contributed by atoms with Gasteiger partial charge in [-0.15, -0.1) is 0 Å². The number of urea groups is 1. The molecular formula is C5H12N2O5. The van der Waals surface area contributed by atoms with Crippen molar-refractivity contribution in [3.05, 3.63) is 0 Å². The van der Waals surface area contributed by atoms with E-state index in [1.807, 2.05) is 0 Å². The number of rotatable bonds is 4. The largest absolute Gasteiger partial charge is 0.376 e. The van der Waals surface area contributed by atoms with Gasteiger partial charge in [0.15, 0.2) is 0 Å². The van der Waals surface area contributed by atoms with E-state index in [4.69, 9.17) is 10.2 Å². The highest BCUT2D eigenvalue weighted by atomic mass is 16.9. The van der Waals surface area contributed by atoms with Gasteiger partial charge in [-0.2, -0.15) is 0 Å². The Morgan fingerprint density at radius 3 is 1.92 bits per heavy atom. The summed E-state index contributed by atoms with van der Waals surface area (Å²) in [5.41, 5.74) is 0. The van der Waals surface area contributed by atoms with Crippen LogP contribution < -0.4 is 0 Å². The van der Waals surface area contributed by atoms with Crippen LogP contribution in [0.2, 0.25) is 0 Å². The summed E-state index contributed by atoms with van der Waals surface area (Å²) in [6.07, 6.45) is 0. The van der Waals surface area contributed by atoms with E-state index in [0.717, 1.165) is 0 Å². The van der Waals surface area contributed by atoms with Gasteiger partial charge in [-0.25, -0.2) is 14.5 Å². The number of carbonyl (C=O) groups is 1. The Balaban J connectivity index is 4.12. The van der Waals surface area contributed by atoms with Gasteiger partial charge in [0.2, 0.25) is 0 Å². The van der Waals surface area contributed by atoms with Gasteiger partial charge < -0.3 is 10.2 Å². The smallest absolute Gasteiger partial charge is 0.373 e. The fraction of sp³-hybridized carbons (Fsp3) is 0.800. The summed E-state index contributed by atoms with van der Waals surface area (Å²) in [7, 11) is 2.43. The van der Waals surface area contributed by atoms with Crippen molar-refractivity contribution in [1.29, 1.82) is 0 Å². The molecule has 0 spiro atoms. The van der Waals surface area contributed by atoms with Gasteiger partial charge >= 0.3 is 6.03 Å². The van der Waals surface area contributed by atoms with Crippen LogP contribution in [-0.2, 0) is 9.68 Å². The SMILES string of the molecule is CON(OC)C(=O)N(CO)CO. The molecule has 0 radical (unpaired) electrons. The van der Waals surface area contributed by atoms with E-state index in [-0.39, 0.29) is 0 Å². The molecular weight excluding hydrogens is 168 g/mol. The Hall–Kier alpha value is -0.890. The van der Waals surface area contributed by atoms with Gasteiger partial charge in [0.05, 0.1) is 14.2 Å². The molecule has 72 valence electrons. The third-order valence-electron chi connectivity index (χ3n) is 1.10. The summed E-state index contributed by atoms with van der Waals surface area (Å²) in [6.45, 7) is -1.23. The maximum atomic E-state index is 11.0. The monoisotopic (exact) mass is 180 g/mol. The quantitative estimate of drug-likeness (QED) is 0.416. The first kappa shape index (κ1) is 11.1. The molecule has 0 bridgehead atoms. The third-order valence-corrected chi connectivity index (χ3v) is 1.10. The normalized spacial score (nSPS) is 9.67. The molecule has 7 nitrogen and oxygen atoms in total. The van der Waals surface area contributed by atoms with Crippen LogP contribution in [0, 0.1) is 0 Å². The van der Waals surface area contributed by atoms with Crippen LogP contribution >= 0.6 is 0 Å². The number of nitrogens with zero attached hydrogens (tertiary/aromatic N) is 2. The maximum absolute atomic E-state index is 11.0. The molecule has 0 aromatic rings. The predicted octanol–water partition coefficient (Wildman–Crippen LogP) is -1.27. The molecule has 0 aromatic heterocycles. The summed E-state index contributed by atoms with van der Waals surface area (Å²) >= 11 is 0. The lowest BCUT2D eigenvalue weighted by Gasteiger charge is -2.22. The van der Waals surface area contributed by atoms with Crippen molar-refractivity contribution in [2.75, 3.05) is 27.7 Å². The number of carbonyl (C=O) groups excluding carboxylic acids is 1. The van der Waals surface area contributed by atoms with Crippen LogP contribution in [0.3, 0.4) is 0 Å². The van der Waals surface area contributed by atoms with Gasteiger partial charge in [-0.1, -0.05) is 5.23 Å². The Labute approximate surface area is 69.6 Å². The van der Waals surface area contributed by atoms with E-state index in [1.165, 1.54) is 14.2 Å². The average molecular weight is 180 g/mol. The van der Waals surface area contributed by atoms with Gasteiger partial charge in [0.25, 0.3) is 0 Å². The fourth-order valence-electron chi connectivity index (χ4n) is 0.512. The minimum atomic E-state index is -0.787. The molecule has 0 heterocycles. The summed E-state index contributed by atoms with van der Waals surface area (Å²) in [6, 6.07) is -0.787. The molecule has 0 aliphatic rings. The van der Waals surface area contributed by atoms with Crippen molar-refractivity contribution in [2.24, 2.45) is 0 Å². The highest BCUT2D eigenvalue weighted by Crippen LogP contribution is 1.97. The summed E-state index contributed by atoms with van der Waals surface area (Å²) in [5, 5.41) is 17.6. The van der Waals surface area contributed by atoms with E-state index < -0.39 is 19.5 Å². The van der Waals surface area contributed by atoms with Crippen LogP contribution in [0.1, 0.15) is 0 Å². The van der Waals surface area contributed by atoms with Crippen molar-refractivity contribution in [3.63, 3.8) is 0 Å². The lowest BCUT2D eigenvalue weighted by atomic mass is 10.8. The number of aliphatic hydroxyl groups is 2. The molecule has 0 saturated carbocycles. The van der Waals surface area contributed by atoms with E-state index >= 15 is 0 Å². The zero-order valence-electron chi connectivity index (χ0n) is 6.93. The first-order chi connectivity index (χ1) is 5.71. The second-order valence-corrected chi connectivity index (χ2v) is 1.73. The Bertz CT molecular complexity index is 120. The van der Waals surface area contributed by atoms with Gasteiger partial charge in [-0.05, 0) is 0 Å². The molecule has 0 fully saturated rings. The summed E-state index contributed by atoms with van der Waals surface area (Å²) in [5.74, 6) is 0. The molecule has 0 aromatic carbocycles. The second-order valence-electron chi connectivity index (χ2n) is 1.73. The first-order valence-electron chi connectivity index (χ1n) is 3.10. The number of aliphatic hydroxyl groups excluding tert-OH is 2. The molecule has 0 unspecified atom stereocenters. The molecule has 12 heavy (non-hydrogen) atoms. The van der Waals surface area contributed by atoms with Gasteiger partial charge in [0.1, 0.15) is 13.5 Å². The molecule has 0 aliphatic heterocycles. The van der Waals surface area contributed by atoms with Crippen molar-refractivity contribution >= 4 is 6.03 Å². The predicted molar refractivity (Wildman–Crippen MR) is 37.3 cm³/mol. The first-order valence-corrected chi connectivity index (χ1v) is 3.10. The average Bonchev–Trinajstić information content (AvgIpc) is 2.09. The molecule has 2 N–H and O–H groups in total. The standard InChI is InChI=1S/C5H12N2O5/c1-11-7(12-2)5(10)6(3-8)4-9/h8-9H,3-4H2,1-2H3. The molecule has 0 atom stereocenters. The minimum Gasteiger partial charge on any atom is -0.376 e. The van der Waals surface area contributed by atoms with Crippen LogP contribution in [0.5, 0.6) is 0 Å². The number of hydrogen-bond acceptors (Lipinski definition) is 5. The highest BCUT2D eigenvalue weighted by Gasteiger charge is 2.19. The van der Waals surface area contributed by atoms with Gasteiger partial charge in [-0.3, -0.25) is 4.90 Å². The van der Waals surface area contributed by atoms with Crippen LogP contribution in [0.25, 0.3) is 0 Å². The highest BCUT2D eigenvalue weighted by molar-refractivity contribution is 5.71. The van der Waals surface area contributed by atoms with Crippen LogP contribution in [0.15, 0.2) is 0 Å². The maximum Gasteiger partial charge on any atom is 0.373 e. The van der Waals surface area contributed by atoms with Crippen molar-refractivity contribution in [3.8, 4) is 0 Å². The van der Waals surface area contributed by atoms with Crippen LogP contribution in [0.4, 0.5) is 4.79 Å². The fourth-order valence-corrected chi connectivity index (χ4v) is 0.512. The Kier molecular flexibility index (Phi) is 5.30. The summed E-state index contributed by atoms with van der Waals surface area (Å²) < 4.78 is 0. The molecule has 7 heteroatoms. The zero-order valence-corrected chi connectivity index (χ0v) is 6.93. The number of hydrogen-bond donors (Lipinski definition) is 2. The van der Waals surface area contributed by atoms with Crippen molar-refractivity contribution in [2.45, 2.75) is 0 Å². The Morgan fingerprint density at radius 2 is 1.67 bits per heavy atom. The number of amides is 2. The number of hydroxylamine groups is 2. The second kappa shape index (κ2) is 5.72. The van der Waals surface area contributed by atoms with E-state index in [0.29, 0.717) is 10.1 Å². The lowest BCUT2D eigenvalue weighted by Crippen LogP contribution is -2.43. The van der Waals surface area contributed by atoms with Crippen LogP contribution in [-0.4, -0.2) is 54.1 Å². The zero-order chi connectivity index (χ0) is 9.56. The summed E-state index contributed by atoms with van der Waals surface area (Å²) in [4.78, 5) is 20.6. The lowest BCUT2D eigenvalue weighted by molar-refractivity contribution is -0.305. The molecule has 2 amide bonds. The molecule has 0 aliphatic carbocycles. The van der Waals surface area contributed by atoms with Crippen molar-refractivity contribution < 1.29 is 24.7 Å².